The minimum Gasteiger partial charge on any atom is -0.349 e. The number of hydrogen-bond donors (Lipinski definition) is 0. The molecule has 0 saturated carbocycles. The molecule has 0 N–H and O–H groups in total. The van der Waals surface area contributed by atoms with E-state index in [9.17, 15) is 19.2 Å². The van der Waals surface area contributed by atoms with Gasteiger partial charge < -0.3 is 4.74 Å². The second kappa shape index (κ2) is 7.83. The SMILES string of the molecule is O=C1[C@@H]2[C@@H](C(=O)N1c1ccc(Cl)c(Cl)c1)C1(O[C@H]2c2ccc(Br)cc2)C(=O)c2ccccc2C1=O. The molecule has 0 radical (unpaired) electrons. The molecule has 9 heteroatoms. The van der Waals surface area contributed by atoms with Crippen molar-refractivity contribution in [3.63, 3.8) is 0 Å². The summed E-state index contributed by atoms with van der Waals surface area (Å²) in [5.74, 6) is -4.88. The van der Waals surface area contributed by atoms with Gasteiger partial charge in [0.1, 0.15) is 0 Å². The first-order valence-corrected chi connectivity index (χ1v) is 12.3. The summed E-state index contributed by atoms with van der Waals surface area (Å²) in [4.78, 5) is 56.1. The summed E-state index contributed by atoms with van der Waals surface area (Å²) >= 11 is 15.6. The van der Waals surface area contributed by atoms with Crippen LogP contribution in [0.5, 0.6) is 0 Å². The van der Waals surface area contributed by atoms with Crippen molar-refractivity contribution < 1.29 is 23.9 Å². The highest BCUT2D eigenvalue weighted by molar-refractivity contribution is 9.10. The van der Waals surface area contributed by atoms with Gasteiger partial charge in [-0.15, -0.1) is 0 Å². The zero-order valence-electron chi connectivity index (χ0n) is 17.7. The lowest BCUT2D eigenvalue weighted by Crippen LogP contribution is -2.51. The summed E-state index contributed by atoms with van der Waals surface area (Å²) in [5, 5.41) is 0.427. The fraction of sp³-hybridized carbons (Fsp3) is 0.154. The van der Waals surface area contributed by atoms with Crippen LogP contribution in [0.1, 0.15) is 32.4 Å². The molecule has 3 aromatic rings. The number of nitrogens with zero attached hydrogens (tertiary/aromatic N) is 1. The summed E-state index contributed by atoms with van der Waals surface area (Å²) in [5.41, 5.74) is -0.969. The molecule has 2 aliphatic heterocycles. The third kappa shape index (κ3) is 2.99. The molecule has 35 heavy (non-hydrogen) atoms. The molecular formula is C26H14BrCl2NO5. The lowest BCUT2D eigenvalue weighted by molar-refractivity contribution is -0.127. The van der Waals surface area contributed by atoms with E-state index in [-0.39, 0.29) is 26.9 Å². The van der Waals surface area contributed by atoms with Crippen LogP contribution in [0.15, 0.2) is 71.2 Å². The molecule has 0 bridgehead atoms. The number of rotatable bonds is 2. The number of carbonyl (C=O) groups excluding carboxylic acids is 4. The Labute approximate surface area is 217 Å². The molecule has 2 fully saturated rings. The highest BCUT2D eigenvalue weighted by Crippen LogP contribution is 2.57. The van der Waals surface area contributed by atoms with E-state index < -0.39 is 46.9 Å². The molecule has 0 unspecified atom stereocenters. The summed E-state index contributed by atoms with van der Waals surface area (Å²) in [6.45, 7) is 0. The third-order valence-electron chi connectivity index (χ3n) is 6.88. The average molecular weight is 571 g/mol. The standard InChI is InChI=1S/C26H14BrCl2NO5/c27-13-7-5-12(6-8-13)21-19-20(25(34)30(24(19)33)14-9-10-17(28)18(29)11-14)26(35-21)22(31)15-3-1-2-4-16(15)23(26)32/h1-11,19-21H/t19-,20+,21+/m1/s1. The van der Waals surface area contributed by atoms with Gasteiger partial charge in [-0.25, -0.2) is 4.90 Å². The molecule has 2 saturated heterocycles. The molecule has 2 amide bonds. The van der Waals surface area contributed by atoms with Crippen LogP contribution >= 0.6 is 39.1 Å². The minimum atomic E-state index is -2.12. The van der Waals surface area contributed by atoms with Crippen molar-refractivity contribution >= 4 is 68.2 Å². The molecule has 3 aliphatic rings. The van der Waals surface area contributed by atoms with Crippen LogP contribution in [-0.4, -0.2) is 29.0 Å². The van der Waals surface area contributed by atoms with Gasteiger partial charge in [0, 0.05) is 15.6 Å². The van der Waals surface area contributed by atoms with Gasteiger partial charge in [0.25, 0.3) is 0 Å². The van der Waals surface area contributed by atoms with Gasteiger partial charge in [-0.1, -0.05) is 75.5 Å². The number of benzene rings is 3. The largest absolute Gasteiger partial charge is 0.349 e. The maximum atomic E-state index is 13.9. The number of fused-ring (bicyclic) bond motifs is 3. The van der Waals surface area contributed by atoms with E-state index in [1.807, 2.05) is 0 Å². The van der Waals surface area contributed by atoms with E-state index >= 15 is 0 Å². The van der Waals surface area contributed by atoms with Gasteiger partial charge >= 0.3 is 0 Å². The first-order chi connectivity index (χ1) is 16.8. The predicted octanol–water partition coefficient (Wildman–Crippen LogP) is 5.45. The second-order valence-corrected chi connectivity index (χ2v) is 10.4. The molecule has 3 aromatic carbocycles. The molecular weight excluding hydrogens is 557 g/mol. The predicted molar refractivity (Wildman–Crippen MR) is 132 cm³/mol. The zero-order chi connectivity index (χ0) is 24.6. The molecule has 2 heterocycles. The van der Waals surface area contributed by atoms with Crippen LogP contribution in [0.25, 0.3) is 0 Å². The number of anilines is 1. The van der Waals surface area contributed by atoms with Crippen molar-refractivity contribution in [1.82, 2.24) is 0 Å². The van der Waals surface area contributed by atoms with E-state index in [0.29, 0.717) is 5.56 Å². The number of imide groups is 1. The van der Waals surface area contributed by atoms with Crippen molar-refractivity contribution in [1.29, 1.82) is 0 Å². The molecule has 3 atom stereocenters. The van der Waals surface area contributed by atoms with Crippen molar-refractivity contribution in [3.8, 4) is 0 Å². The number of ether oxygens (including phenoxy) is 1. The quantitative estimate of drug-likeness (QED) is 0.302. The Morgan fingerprint density at radius 3 is 2.03 bits per heavy atom. The van der Waals surface area contributed by atoms with E-state index in [0.717, 1.165) is 9.37 Å². The summed E-state index contributed by atoms with van der Waals surface area (Å²) in [6, 6.07) is 17.8. The average Bonchev–Trinajstić information content (AvgIpc) is 3.41. The highest BCUT2D eigenvalue weighted by Gasteiger charge is 2.74. The normalized spacial score (nSPS) is 24.4. The Bertz CT molecular complexity index is 1440. The Morgan fingerprint density at radius 1 is 0.800 bits per heavy atom. The van der Waals surface area contributed by atoms with E-state index in [2.05, 4.69) is 15.9 Å². The molecule has 1 spiro atoms. The molecule has 6 rings (SSSR count). The topological polar surface area (TPSA) is 80.8 Å². The number of Topliss-reactive ketones (excluding diaryl/α,β-unsaturated/α-hetero) is 2. The van der Waals surface area contributed by atoms with Crippen LogP contribution in [-0.2, 0) is 14.3 Å². The molecule has 174 valence electrons. The maximum Gasteiger partial charge on any atom is 0.241 e. The smallest absolute Gasteiger partial charge is 0.241 e. The lowest BCUT2D eigenvalue weighted by atomic mass is 9.77. The minimum absolute atomic E-state index is 0.165. The molecule has 1 aliphatic carbocycles. The van der Waals surface area contributed by atoms with Crippen molar-refractivity contribution in [2.24, 2.45) is 11.8 Å². The van der Waals surface area contributed by atoms with Gasteiger partial charge in [0.15, 0.2) is 0 Å². The highest BCUT2D eigenvalue weighted by atomic mass is 79.9. The number of hydrogen-bond acceptors (Lipinski definition) is 5. The van der Waals surface area contributed by atoms with Crippen LogP contribution in [0, 0.1) is 11.8 Å². The first-order valence-electron chi connectivity index (χ1n) is 10.7. The van der Waals surface area contributed by atoms with Crippen molar-refractivity contribution in [2.75, 3.05) is 4.90 Å². The second-order valence-electron chi connectivity index (χ2n) is 8.64. The van der Waals surface area contributed by atoms with Crippen LogP contribution < -0.4 is 4.90 Å². The van der Waals surface area contributed by atoms with Gasteiger partial charge in [-0.05, 0) is 35.9 Å². The van der Waals surface area contributed by atoms with Gasteiger partial charge in [0.2, 0.25) is 29.0 Å². The summed E-state index contributed by atoms with van der Waals surface area (Å²) < 4.78 is 7.05. The number of carbonyl (C=O) groups is 4. The Balaban J connectivity index is 1.54. The van der Waals surface area contributed by atoms with Gasteiger partial charge in [0.05, 0.1) is 33.7 Å². The number of halogens is 3. The van der Waals surface area contributed by atoms with Crippen LogP contribution in [0.2, 0.25) is 10.0 Å². The fourth-order valence-corrected chi connectivity index (χ4v) is 5.91. The van der Waals surface area contributed by atoms with Crippen molar-refractivity contribution in [2.45, 2.75) is 11.7 Å². The van der Waals surface area contributed by atoms with E-state index in [1.54, 1.807) is 36.4 Å². The number of amides is 2. The van der Waals surface area contributed by atoms with Crippen LogP contribution in [0.4, 0.5) is 5.69 Å². The summed E-state index contributed by atoms with van der Waals surface area (Å²) in [6.07, 6.45) is -0.987. The Morgan fingerprint density at radius 2 is 1.43 bits per heavy atom. The first kappa shape index (κ1) is 22.6. The maximum absolute atomic E-state index is 13.9. The lowest BCUT2D eigenvalue weighted by Gasteiger charge is -2.27. The van der Waals surface area contributed by atoms with E-state index in [4.69, 9.17) is 27.9 Å². The number of ketones is 2. The monoisotopic (exact) mass is 569 g/mol. The summed E-state index contributed by atoms with van der Waals surface area (Å²) in [7, 11) is 0. The van der Waals surface area contributed by atoms with Gasteiger partial charge in [-0.2, -0.15) is 0 Å². The molecule has 6 nitrogen and oxygen atoms in total. The van der Waals surface area contributed by atoms with Crippen LogP contribution in [0.3, 0.4) is 0 Å². The van der Waals surface area contributed by atoms with E-state index in [1.165, 1.54) is 30.3 Å². The third-order valence-corrected chi connectivity index (χ3v) is 8.15. The zero-order valence-corrected chi connectivity index (χ0v) is 20.8. The van der Waals surface area contributed by atoms with Crippen molar-refractivity contribution in [3.05, 3.63) is 97.9 Å². The molecule has 0 aromatic heterocycles. The Hall–Kier alpha value is -2.84. The van der Waals surface area contributed by atoms with Gasteiger partial charge in [-0.3, -0.25) is 19.2 Å². The Kier molecular flexibility index (Phi) is 5.06. The fourth-order valence-electron chi connectivity index (χ4n) is 5.35.